The van der Waals surface area contributed by atoms with Crippen LogP contribution in [-0.2, 0) is 0 Å². The SMILES string of the molecule is Cc1cc[n+](B(Cl)[N+](C)(C)C)cc1. The quantitative estimate of drug-likeness (QED) is 0.626. The minimum absolute atomic E-state index is 0.0550. The maximum atomic E-state index is 6.27. The lowest BCUT2D eigenvalue weighted by molar-refractivity contribution is -0.812. The van der Waals surface area contributed by atoms with Crippen molar-refractivity contribution >= 4 is 17.9 Å². The predicted octanol–water partition coefficient (Wildman–Crippen LogP) is 1.06. The Kier molecular flexibility index (Phi) is 2.99. The summed E-state index contributed by atoms with van der Waals surface area (Å²) in [6.07, 6.45) is 3.97. The van der Waals surface area contributed by atoms with Crippen LogP contribution in [-0.4, -0.2) is 31.9 Å². The number of halogens is 1. The van der Waals surface area contributed by atoms with E-state index in [1.165, 1.54) is 5.56 Å². The Morgan fingerprint density at radius 3 is 2.08 bits per heavy atom. The van der Waals surface area contributed by atoms with Gasteiger partial charge < -0.3 is 4.39 Å². The first-order chi connectivity index (χ1) is 5.91. The van der Waals surface area contributed by atoms with E-state index in [1.807, 2.05) is 16.9 Å². The molecule has 0 aromatic carbocycles. The number of aromatic nitrogens is 1. The Morgan fingerprint density at radius 1 is 1.23 bits per heavy atom. The third kappa shape index (κ3) is 2.71. The summed E-state index contributed by atoms with van der Waals surface area (Å²) in [4.78, 5) is 0. The van der Waals surface area contributed by atoms with Gasteiger partial charge in [-0.1, -0.05) is 0 Å². The molecule has 0 aliphatic heterocycles. The molecule has 0 radical (unpaired) electrons. The van der Waals surface area contributed by atoms with Gasteiger partial charge in [0.1, 0.15) is 0 Å². The van der Waals surface area contributed by atoms with E-state index in [0.29, 0.717) is 4.39 Å². The minimum atomic E-state index is -0.0550. The van der Waals surface area contributed by atoms with Crippen LogP contribution in [0, 0.1) is 6.92 Å². The van der Waals surface area contributed by atoms with Gasteiger partial charge in [0.15, 0.2) is 12.4 Å². The molecule has 1 heterocycles. The van der Waals surface area contributed by atoms with Crippen LogP contribution >= 0.6 is 11.5 Å². The van der Waals surface area contributed by atoms with Crippen molar-refractivity contribution in [1.82, 2.24) is 0 Å². The molecule has 1 rings (SSSR count). The van der Waals surface area contributed by atoms with Crippen molar-refractivity contribution in [2.45, 2.75) is 6.92 Å². The van der Waals surface area contributed by atoms with Crippen molar-refractivity contribution in [3.05, 3.63) is 30.1 Å². The zero-order valence-electron chi connectivity index (χ0n) is 8.66. The molecule has 0 N–H and O–H groups in total. The maximum Gasteiger partial charge on any atom is 0.871 e. The van der Waals surface area contributed by atoms with Crippen molar-refractivity contribution in [3.63, 3.8) is 0 Å². The molecule has 0 aliphatic carbocycles. The van der Waals surface area contributed by atoms with Gasteiger partial charge in [-0.25, -0.2) is 4.48 Å². The van der Waals surface area contributed by atoms with Crippen LogP contribution < -0.4 is 4.48 Å². The Balaban J connectivity index is 2.90. The van der Waals surface area contributed by atoms with Gasteiger partial charge in [-0.15, -0.1) is 0 Å². The number of hydrogen-bond donors (Lipinski definition) is 0. The van der Waals surface area contributed by atoms with Crippen LogP contribution in [0.4, 0.5) is 0 Å². The highest BCUT2D eigenvalue weighted by Gasteiger charge is 2.45. The summed E-state index contributed by atoms with van der Waals surface area (Å²) in [7, 11) is 6.22. The van der Waals surface area contributed by atoms with Crippen LogP contribution in [0.25, 0.3) is 0 Å². The molecule has 0 saturated heterocycles. The Bertz CT molecular complexity index is 279. The van der Waals surface area contributed by atoms with Gasteiger partial charge in [0, 0.05) is 12.1 Å². The molecule has 0 spiro atoms. The molecule has 70 valence electrons. The average Bonchev–Trinajstić information content (AvgIpc) is 2.03. The van der Waals surface area contributed by atoms with Gasteiger partial charge in [-0.2, -0.15) is 0 Å². The zero-order chi connectivity index (χ0) is 10.1. The molecule has 0 unspecified atom stereocenters. The monoisotopic (exact) mass is 198 g/mol. The molecule has 0 saturated carbocycles. The van der Waals surface area contributed by atoms with Gasteiger partial charge in [0.05, 0.1) is 21.1 Å². The first-order valence-corrected chi connectivity index (χ1v) is 4.77. The largest absolute Gasteiger partial charge is 0.871 e. The lowest BCUT2D eigenvalue weighted by atomic mass is 10.0. The van der Waals surface area contributed by atoms with Crippen LogP contribution in [0.3, 0.4) is 0 Å². The Hall–Kier alpha value is -0.535. The zero-order valence-corrected chi connectivity index (χ0v) is 9.42. The van der Waals surface area contributed by atoms with Crippen molar-refractivity contribution in [3.8, 4) is 0 Å². The number of nitrogens with zero attached hydrogens (tertiary/aromatic N) is 2. The highest BCUT2D eigenvalue weighted by Crippen LogP contribution is 2.00. The normalized spacial score (nSPS) is 11.5. The summed E-state index contributed by atoms with van der Waals surface area (Å²) in [5.74, 6) is 0. The number of aryl methyl sites for hydroxylation is 1. The smallest absolute Gasteiger partial charge is 0.315 e. The van der Waals surface area contributed by atoms with Gasteiger partial charge >= 0.3 is 6.40 Å². The Labute approximate surface area is 85.4 Å². The summed E-state index contributed by atoms with van der Waals surface area (Å²) >= 11 is 6.27. The van der Waals surface area contributed by atoms with Gasteiger partial charge in [0.2, 0.25) is 0 Å². The fraction of sp³-hybridized carbons (Fsp3) is 0.444. The topological polar surface area (TPSA) is 3.88 Å². The molecule has 2 nitrogen and oxygen atoms in total. The van der Waals surface area contributed by atoms with E-state index in [9.17, 15) is 0 Å². The van der Waals surface area contributed by atoms with E-state index >= 15 is 0 Å². The van der Waals surface area contributed by atoms with Gasteiger partial charge in [-0.3, -0.25) is 0 Å². The lowest BCUT2D eigenvalue weighted by Gasteiger charge is -2.19. The number of rotatable bonds is 2. The fourth-order valence-corrected chi connectivity index (χ4v) is 1.18. The average molecular weight is 199 g/mol. The number of hydrogen-bond acceptors (Lipinski definition) is 0. The fourth-order valence-electron chi connectivity index (χ4n) is 1.05. The highest BCUT2D eigenvalue weighted by atomic mass is 35.5. The first kappa shape index (κ1) is 10.5. The van der Waals surface area contributed by atoms with Crippen LogP contribution in [0.15, 0.2) is 24.5 Å². The molecule has 0 bridgehead atoms. The molecular weight excluding hydrogens is 182 g/mol. The van der Waals surface area contributed by atoms with E-state index in [2.05, 4.69) is 40.2 Å². The highest BCUT2D eigenvalue weighted by molar-refractivity contribution is 6.97. The van der Waals surface area contributed by atoms with Crippen LogP contribution in [0.1, 0.15) is 5.56 Å². The molecule has 0 fully saturated rings. The van der Waals surface area contributed by atoms with Crippen LogP contribution in [0.5, 0.6) is 0 Å². The van der Waals surface area contributed by atoms with Gasteiger partial charge in [0.25, 0.3) is 0 Å². The molecule has 1 aromatic heterocycles. The number of pyridine rings is 1. The minimum Gasteiger partial charge on any atom is -0.315 e. The second-order valence-corrected chi connectivity index (χ2v) is 4.64. The molecular formula is C9H16BClN2+2. The molecule has 13 heavy (non-hydrogen) atoms. The predicted molar refractivity (Wildman–Crippen MR) is 56.4 cm³/mol. The molecule has 0 amide bonds. The first-order valence-electron chi connectivity index (χ1n) is 4.34. The van der Waals surface area contributed by atoms with Crippen molar-refractivity contribution in [2.24, 2.45) is 0 Å². The van der Waals surface area contributed by atoms with E-state index in [-0.39, 0.29) is 6.40 Å². The second kappa shape index (κ2) is 3.68. The summed E-state index contributed by atoms with van der Waals surface area (Å²) in [5.41, 5.74) is 1.25. The third-order valence-corrected chi connectivity index (χ3v) is 2.72. The van der Waals surface area contributed by atoms with E-state index < -0.39 is 0 Å². The molecule has 0 aliphatic rings. The van der Waals surface area contributed by atoms with Gasteiger partial charge in [-0.05, 0) is 23.9 Å². The van der Waals surface area contributed by atoms with Crippen molar-refractivity contribution in [1.29, 1.82) is 0 Å². The van der Waals surface area contributed by atoms with Crippen molar-refractivity contribution < 1.29 is 8.87 Å². The maximum absolute atomic E-state index is 6.27. The summed E-state index contributed by atoms with van der Waals surface area (Å²) in [6, 6.07) is 4.12. The summed E-state index contributed by atoms with van der Waals surface area (Å²) < 4.78 is 2.71. The third-order valence-electron chi connectivity index (χ3n) is 1.90. The Morgan fingerprint density at radius 2 is 1.69 bits per heavy atom. The standard InChI is InChI=1S/C9H16BClN2/c1-9-5-7-12(8-6-9)10(11)13(2,3)4/h5-8H,1-4H3/q+2. The van der Waals surface area contributed by atoms with E-state index in [1.54, 1.807) is 0 Å². The summed E-state index contributed by atoms with van der Waals surface area (Å²) in [5, 5.41) is 0. The summed E-state index contributed by atoms with van der Waals surface area (Å²) in [6.45, 7) is 2.07. The molecule has 4 heteroatoms. The number of quaternary nitrogens is 1. The molecule has 0 atom stereocenters. The molecule has 1 aromatic rings. The van der Waals surface area contributed by atoms with Crippen molar-refractivity contribution in [2.75, 3.05) is 21.1 Å². The van der Waals surface area contributed by atoms with E-state index in [4.69, 9.17) is 11.5 Å². The van der Waals surface area contributed by atoms with E-state index in [0.717, 1.165) is 0 Å². The van der Waals surface area contributed by atoms with Crippen LogP contribution in [0.2, 0.25) is 0 Å². The lowest BCUT2D eigenvalue weighted by Crippen LogP contribution is -2.64. The second-order valence-electron chi connectivity index (χ2n) is 4.25.